The lowest BCUT2D eigenvalue weighted by Gasteiger charge is -2.01. The van der Waals surface area contributed by atoms with Gasteiger partial charge in [-0.1, -0.05) is 40.1 Å². The van der Waals surface area contributed by atoms with Crippen molar-refractivity contribution in [3.05, 3.63) is 46.0 Å². The minimum atomic E-state index is 0.365. The van der Waals surface area contributed by atoms with Gasteiger partial charge in [-0.2, -0.15) is 4.98 Å². The van der Waals surface area contributed by atoms with Gasteiger partial charge in [0.2, 0.25) is 5.89 Å². The molecule has 18 heavy (non-hydrogen) atoms. The van der Waals surface area contributed by atoms with E-state index in [4.69, 9.17) is 10.3 Å². The summed E-state index contributed by atoms with van der Waals surface area (Å²) in [5, 5.41) is 3.99. The van der Waals surface area contributed by atoms with Gasteiger partial charge in [-0.25, -0.2) is 0 Å². The van der Waals surface area contributed by atoms with Crippen molar-refractivity contribution < 1.29 is 4.52 Å². The van der Waals surface area contributed by atoms with E-state index in [1.165, 1.54) is 0 Å². The number of rotatable bonds is 5. The van der Waals surface area contributed by atoms with Gasteiger partial charge in [0.1, 0.15) is 0 Å². The molecule has 2 rings (SSSR count). The molecule has 0 amide bonds. The molecule has 2 N–H and O–H groups in total. The van der Waals surface area contributed by atoms with Crippen LogP contribution < -0.4 is 5.73 Å². The van der Waals surface area contributed by atoms with Crippen LogP contribution in [-0.2, 0) is 12.8 Å². The molecule has 5 heteroatoms. The summed E-state index contributed by atoms with van der Waals surface area (Å²) in [7, 11) is 0. The fourth-order valence-corrected chi connectivity index (χ4v) is 2.10. The average Bonchev–Trinajstić information content (AvgIpc) is 2.76. The molecule has 1 aromatic heterocycles. The Hall–Kier alpha value is -1.20. The first-order valence-electron chi connectivity index (χ1n) is 5.93. The van der Waals surface area contributed by atoms with E-state index in [0.29, 0.717) is 30.6 Å². The third-order valence-electron chi connectivity index (χ3n) is 2.69. The van der Waals surface area contributed by atoms with Crippen molar-refractivity contribution >= 4 is 15.9 Å². The molecule has 0 aliphatic heterocycles. The second-order valence-corrected chi connectivity index (χ2v) is 5.37. The fraction of sp³-hybridized carbons (Fsp3) is 0.385. The molecule has 96 valence electrons. The van der Waals surface area contributed by atoms with Crippen molar-refractivity contribution in [3.63, 3.8) is 0 Å². The predicted molar refractivity (Wildman–Crippen MR) is 73.2 cm³/mol. The molecule has 4 nitrogen and oxygen atoms in total. The summed E-state index contributed by atoms with van der Waals surface area (Å²) >= 11 is 3.44. The Balaban J connectivity index is 2.02. The number of hydrogen-bond acceptors (Lipinski definition) is 4. The first-order chi connectivity index (χ1) is 8.67. The lowest BCUT2D eigenvalue weighted by atomic mass is 10.1. The van der Waals surface area contributed by atoms with Crippen molar-refractivity contribution in [2.45, 2.75) is 19.8 Å². The maximum absolute atomic E-state index is 5.57. The molecule has 1 aromatic carbocycles. The monoisotopic (exact) mass is 309 g/mol. The summed E-state index contributed by atoms with van der Waals surface area (Å²) < 4.78 is 6.27. The van der Waals surface area contributed by atoms with Crippen molar-refractivity contribution in [3.8, 4) is 0 Å². The van der Waals surface area contributed by atoms with Crippen LogP contribution in [0.1, 0.15) is 24.2 Å². The van der Waals surface area contributed by atoms with Gasteiger partial charge in [-0.3, -0.25) is 0 Å². The Labute approximate surface area is 115 Å². The van der Waals surface area contributed by atoms with Gasteiger partial charge < -0.3 is 10.3 Å². The van der Waals surface area contributed by atoms with Crippen LogP contribution in [0, 0.1) is 5.92 Å². The maximum Gasteiger partial charge on any atom is 0.226 e. The minimum absolute atomic E-state index is 0.365. The Kier molecular flexibility index (Phi) is 4.49. The van der Waals surface area contributed by atoms with Crippen LogP contribution in [0.15, 0.2) is 33.3 Å². The van der Waals surface area contributed by atoms with Gasteiger partial charge >= 0.3 is 0 Å². The number of nitrogens with zero attached hydrogens (tertiary/aromatic N) is 2. The van der Waals surface area contributed by atoms with Crippen molar-refractivity contribution in [1.82, 2.24) is 10.1 Å². The summed E-state index contributed by atoms with van der Waals surface area (Å²) in [6, 6.07) is 8.09. The van der Waals surface area contributed by atoms with E-state index in [0.717, 1.165) is 16.5 Å². The summed E-state index contributed by atoms with van der Waals surface area (Å²) in [6.45, 7) is 2.70. The molecule has 0 spiro atoms. The van der Waals surface area contributed by atoms with Gasteiger partial charge in [-0.15, -0.1) is 0 Å². The van der Waals surface area contributed by atoms with Crippen LogP contribution >= 0.6 is 15.9 Å². The molecule has 1 heterocycles. The second kappa shape index (κ2) is 6.11. The smallest absolute Gasteiger partial charge is 0.226 e. The lowest BCUT2D eigenvalue weighted by molar-refractivity contribution is 0.356. The van der Waals surface area contributed by atoms with Gasteiger partial charge in [0.25, 0.3) is 0 Å². The highest BCUT2D eigenvalue weighted by Crippen LogP contribution is 2.14. The lowest BCUT2D eigenvalue weighted by Crippen LogP contribution is -2.13. The third-order valence-corrected chi connectivity index (χ3v) is 3.18. The predicted octanol–water partition coefficient (Wildman–Crippen LogP) is 2.56. The summed E-state index contributed by atoms with van der Waals surface area (Å²) in [4.78, 5) is 4.37. The van der Waals surface area contributed by atoms with E-state index in [-0.39, 0.29) is 0 Å². The highest BCUT2D eigenvalue weighted by atomic mass is 79.9. The maximum atomic E-state index is 5.57. The molecule has 0 saturated heterocycles. The van der Waals surface area contributed by atoms with Crippen LogP contribution in [-0.4, -0.2) is 16.7 Å². The molecule has 0 fully saturated rings. The van der Waals surface area contributed by atoms with E-state index in [1.807, 2.05) is 18.2 Å². The normalized spacial score (nSPS) is 12.6. The standard InChI is InChI=1S/C13H16BrN3O/c1-9(8-15)5-13-16-12(17-18-13)7-10-3-2-4-11(14)6-10/h2-4,6,9H,5,7-8,15H2,1H3. The van der Waals surface area contributed by atoms with E-state index >= 15 is 0 Å². The summed E-state index contributed by atoms with van der Waals surface area (Å²) in [5.74, 6) is 1.74. The van der Waals surface area contributed by atoms with Crippen LogP contribution in [0.4, 0.5) is 0 Å². The van der Waals surface area contributed by atoms with E-state index in [1.54, 1.807) is 0 Å². The fourth-order valence-electron chi connectivity index (χ4n) is 1.66. The number of benzene rings is 1. The summed E-state index contributed by atoms with van der Waals surface area (Å²) in [6.07, 6.45) is 1.42. The van der Waals surface area contributed by atoms with Crippen LogP contribution in [0.5, 0.6) is 0 Å². The average molecular weight is 310 g/mol. The molecular weight excluding hydrogens is 294 g/mol. The summed E-state index contributed by atoms with van der Waals surface area (Å²) in [5.41, 5.74) is 6.73. The van der Waals surface area contributed by atoms with Crippen molar-refractivity contribution in [2.75, 3.05) is 6.54 Å². The quantitative estimate of drug-likeness (QED) is 0.922. The van der Waals surface area contributed by atoms with Gasteiger partial charge in [0.15, 0.2) is 5.82 Å². The first-order valence-corrected chi connectivity index (χ1v) is 6.72. The molecule has 0 bridgehead atoms. The van der Waals surface area contributed by atoms with E-state index in [9.17, 15) is 0 Å². The Morgan fingerprint density at radius 2 is 2.28 bits per heavy atom. The third kappa shape index (κ3) is 3.65. The SMILES string of the molecule is CC(CN)Cc1nc(Cc2cccc(Br)c2)no1. The molecule has 0 radical (unpaired) electrons. The topological polar surface area (TPSA) is 64.9 Å². The highest BCUT2D eigenvalue weighted by molar-refractivity contribution is 9.10. The van der Waals surface area contributed by atoms with Crippen molar-refractivity contribution in [2.24, 2.45) is 11.7 Å². The van der Waals surface area contributed by atoms with Crippen molar-refractivity contribution in [1.29, 1.82) is 0 Å². The minimum Gasteiger partial charge on any atom is -0.339 e. The highest BCUT2D eigenvalue weighted by Gasteiger charge is 2.10. The first kappa shape index (κ1) is 13.2. The zero-order valence-electron chi connectivity index (χ0n) is 10.3. The number of hydrogen-bond donors (Lipinski definition) is 1. The molecule has 0 saturated carbocycles. The second-order valence-electron chi connectivity index (χ2n) is 4.46. The van der Waals surface area contributed by atoms with Gasteiger partial charge in [0, 0.05) is 17.3 Å². The number of nitrogens with two attached hydrogens (primary N) is 1. The van der Waals surface area contributed by atoms with Crippen LogP contribution in [0.2, 0.25) is 0 Å². The Morgan fingerprint density at radius 1 is 1.44 bits per heavy atom. The van der Waals surface area contributed by atoms with E-state index in [2.05, 4.69) is 39.1 Å². The molecule has 0 aliphatic rings. The zero-order valence-corrected chi connectivity index (χ0v) is 11.9. The number of aromatic nitrogens is 2. The molecule has 0 aliphatic carbocycles. The number of halogens is 1. The Bertz CT molecular complexity index is 512. The molecule has 1 atom stereocenters. The largest absolute Gasteiger partial charge is 0.339 e. The van der Waals surface area contributed by atoms with Crippen LogP contribution in [0.3, 0.4) is 0 Å². The molecule has 1 unspecified atom stereocenters. The van der Waals surface area contributed by atoms with Gasteiger partial charge in [0.05, 0.1) is 0 Å². The van der Waals surface area contributed by atoms with Crippen LogP contribution in [0.25, 0.3) is 0 Å². The molecule has 2 aromatic rings. The zero-order chi connectivity index (χ0) is 13.0. The Morgan fingerprint density at radius 3 is 3.00 bits per heavy atom. The molecular formula is C13H16BrN3O. The van der Waals surface area contributed by atoms with Gasteiger partial charge in [-0.05, 0) is 30.2 Å². The van der Waals surface area contributed by atoms with E-state index < -0.39 is 0 Å².